The van der Waals surface area contributed by atoms with Gasteiger partial charge >= 0.3 is 0 Å². The van der Waals surface area contributed by atoms with E-state index in [-0.39, 0.29) is 0 Å². The van der Waals surface area contributed by atoms with Crippen LogP contribution in [0.5, 0.6) is 5.75 Å². The molecule has 0 unspecified atom stereocenters. The molecule has 100 valence electrons. The van der Waals surface area contributed by atoms with Crippen molar-refractivity contribution in [3.63, 3.8) is 0 Å². The van der Waals surface area contributed by atoms with E-state index in [2.05, 4.69) is 9.80 Å². The van der Waals surface area contributed by atoms with E-state index in [1.165, 1.54) is 0 Å². The van der Waals surface area contributed by atoms with Crippen LogP contribution in [0.3, 0.4) is 0 Å². The second kappa shape index (κ2) is 6.27. The van der Waals surface area contributed by atoms with Gasteiger partial charge in [0.2, 0.25) is 0 Å². The standard InChI is InChI=1S/C13H20ClN3O/c1-18-11-2-3-13(12(14)10-11)17-8-6-16(5-4-15)7-9-17/h2-3,10H,4-9,15H2,1H3. The number of rotatable bonds is 4. The minimum Gasteiger partial charge on any atom is -0.497 e. The van der Waals surface area contributed by atoms with E-state index in [9.17, 15) is 0 Å². The molecule has 1 aromatic rings. The fraction of sp³-hybridized carbons (Fsp3) is 0.538. The fourth-order valence-corrected chi connectivity index (χ4v) is 2.56. The summed E-state index contributed by atoms with van der Waals surface area (Å²) in [5, 5.41) is 0.752. The summed E-state index contributed by atoms with van der Waals surface area (Å²) in [5.74, 6) is 0.797. The van der Waals surface area contributed by atoms with Crippen molar-refractivity contribution in [2.24, 2.45) is 5.73 Å². The Labute approximate surface area is 113 Å². The number of nitrogens with zero attached hydrogens (tertiary/aromatic N) is 2. The van der Waals surface area contributed by atoms with Gasteiger partial charge in [0, 0.05) is 45.3 Å². The second-order valence-corrected chi connectivity index (χ2v) is 4.84. The molecular formula is C13H20ClN3O. The number of anilines is 1. The number of piperazine rings is 1. The molecule has 0 atom stereocenters. The number of hydrogen-bond acceptors (Lipinski definition) is 4. The molecule has 2 rings (SSSR count). The third kappa shape index (κ3) is 3.07. The average Bonchev–Trinajstić information content (AvgIpc) is 2.40. The Morgan fingerprint density at radius 2 is 2.00 bits per heavy atom. The summed E-state index contributed by atoms with van der Waals surface area (Å²) in [7, 11) is 1.65. The summed E-state index contributed by atoms with van der Waals surface area (Å²) >= 11 is 6.28. The number of nitrogens with two attached hydrogens (primary N) is 1. The van der Waals surface area contributed by atoms with Crippen molar-refractivity contribution in [1.82, 2.24) is 4.90 Å². The molecule has 2 N–H and O–H groups in total. The van der Waals surface area contributed by atoms with Gasteiger partial charge in [-0.3, -0.25) is 4.90 Å². The van der Waals surface area contributed by atoms with Crippen molar-refractivity contribution in [2.75, 3.05) is 51.3 Å². The van der Waals surface area contributed by atoms with Crippen LogP contribution in [0.15, 0.2) is 18.2 Å². The predicted molar refractivity (Wildman–Crippen MR) is 75.7 cm³/mol. The molecule has 1 heterocycles. The lowest BCUT2D eigenvalue weighted by Crippen LogP contribution is -2.47. The Morgan fingerprint density at radius 3 is 2.56 bits per heavy atom. The maximum atomic E-state index is 6.28. The van der Waals surface area contributed by atoms with E-state index in [1.54, 1.807) is 7.11 Å². The van der Waals surface area contributed by atoms with Crippen molar-refractivity contribution in [3.05, 3.63) is 23.2 Å². The number of hydrogen-bond donors (Lipinski definition) is 1. The summed E-state index contributed by atoms with van der Waals surface area (Å²) in [5.41, 5.74) is 6.66. The van der Waals surface area contributed by atoms with Gasteiger partial charge < -0.3 is 15.4 Å². The Morgan fingerprint density at radius 1 is 1.28 bits per heavy atom. The minimum absolute atomic E-state index is 0.725. The normalized spacial score (nSPS) is 16.9. The third-order valence-electron chi connectivity index (χ3n) is 3.31. The van der Waals surface area contributed by atoms with Crippen LogP contribution in [0.4, 0.5) is 5.69 Å². The van der Waals surface area contributed by atoms with Crippen molar-refractivity contribution in [3.8, 4) is 5.75 Å². The van der Waals surface area contributed by atoms with Crippen molar-refractivity contribution < 1.29 is 4.74 Å². The van der Waals surface area contributed by atoms with Crippen molar-refractivity contribution in [1.29, 1.82) is 0 Å². The first kappa shape index (κ1) is 13.5. The molecule has 0 spiro atoms. The predicted octanol–water partition coefficient (Wildman–Crippen LogP) is 1.43. The SMILES string of the molecule is COc1ccc(N2CCN(CCN)CC2)c(Cl)c1. The highest BCUT2D eigenvalue weighted by Crippen LogP contribution is 2.30. The smallest absolute Gasteiger partial charge is 0.120 e. The lowest BCUT2D eigenvalue weighted by Gasteiger charge is -2.36. The molecular weight excluding hydrogens is 250 g/mol. The summed E-state index contributed by atoms with van der Waals surface area (Å²) in [6.45, 7) is 5.77. The summed E-state index contributed by atoms with van der Waals surface area (Å²) < 4.78 is 5.16. The molecule has 0 amide bonds. The second-order valence-electron chi connectivity index (χ2n) is 4.43. The van der Waals surface area contributed by atoms with E-state index < -0.39 is 0 Å². The maximum Gasteiger partial charge on any atom is 0.120 e. The van der Waals surface area contributed by atoms with Gasteiger partial charge in [0.05, 0.1) is 17.8 Å². The van der Waals surface area contributed by atoms with Crippen LogP contribution in [0, 0.1) is 0 Å². The Balaban J connectivity index is 2.01. The van der Waals surface area contributed by atoms with E-state index in [0.29, 0.717) is 0 Å². The van der Waals surface area contributed by atoms with E-state index in [0.717, 1.165) is 55.7 Å². The maximum absolute atomic E-state index is 6.28. The first-order valence-corrected chi connectivity index (χ1v) is 6.63. The number of benzene rings is 1. The largest absolute Gasteiger partial charge is 0.497 e. The molecule has 1 saturated heterocycles. The molecule has 0 bridgehead atoms. The van der Waals surface area contributed by atoms with E-state index >= 15 is 0 Å². The van der Waals surface area contributed by atoms with Crippen LogP contribution in [-0.2, 0) is 0 Å². The quantitative estimate of drug-likeness (QED) is 0.898. The fourth-order valence-electron chi connectivity index (χ4n) is 2.27. The molecule has 18 heavy (non-hydrogen) atoms. The molecule has 0 saturated carbocycles. The van der Waals surface area contributed by atoms with Gasteiger partial charge in [-0.05, 0) is 12.1 Å². The highest BCUT2D eigenvalue weighted by atomic mass is 35.5. The highest BCUT2D eigenvalue weighted by Gasteiger charge is 2.18. The molecule has 5 heteroatoms. The zero-order valence-corrected chi connectivity index (χ0v) is 11.5. The van der Waals surface area contributed by atoms with Crippen molar-refractivity contribution in [2.45, 2.75) is 0 Å². The van der Waals surface area contributed by atoms with Crippen molar-refractivity contribution >= 4 is 17.3 Å². The highest BCUT2D eigenvalue weighted by molar-refractivity contribution is 6.33. The molecule has 1 aromatic carbocycles. The van der Waals surface area contributed by atoms with Gasteiger partial charge in [-0.25, -0.2) is 0 Å². The van der Waals surface area contributed by atoms with Gasteiger partial charge in [-0.1, -0.05) is 11.6 Å². The van der Waals surface area contributed by atoms with Crippen LogP contribution >= 0.6 is 11.6 Å². The van der Waals surface area contributed by atoms with E-state index in [4.69, 9.17) is 22.1 Å². The topological polar surface area (TPSA) is 41.7 Å². The molecule has 0 aromatic heterocycles. The van der Waals surface area contributed by atoms with Crippen LogP contribution in [0.1, 0.15) is 0 Å². The molecule has 1 aliphatic heterocycles. The molecule has 0 radical (unpaired) electrons. The number of ether oxygens (including phenoxy) is 1. The van der Waals surface area contributed by atoms with E-state index in [1.807, 2.05) is 18.2 Å². The first-order chi connectivity index (χ1) is 8.74. The van der Waals surface area contributed by atoms with Gasteiger partial charge in [-0.15, -0.1) is 0 Å². The lowest BCUT2D eigenvalue weighted by molar-refractivity contribution is 0.265. The zero-order chi connectivity index (χ0) is 13.0. The average molecular weight is 270 g/mol. The van der Waals surface area contributed by atoms with Gasteiger partial charge in [0.25, 0.3) is 0 Å². The molecule has 4 nitrogen and oxygen atoms in total. The first-order valence-electron chi connectivity index (χ1n) is 6.25. The molecule has 1 aliphatic rings. The van der Waals surface area contributed by atoms with Gasteiger partial charge in [-0.2, -0.15) is 0 Å². The zero-order valence-electron chi connectivity index (χ0n) is 10.7. The number of methoxy groups -OCH3 is 1. The Hall–Kier alpha value is -0.970. The summed E-state index contributed by atoms with van der Waals surface area (Å²) in [6.07, 6.45) is 0. The van der Waals surface area contributed by atoms with Crippen LogP contribution in [0.2, 0.25) is 5.02 Å². The van der Waals surface area contributed by atoms with Crippen LogP contribution in [0.25, 0.3) is 0 Å². The molecule has 1 fully saturated rings. The lowest BCUT2D eigenvalue weighted by atomic mass is 10.2. The molecule has 0 aliphatic carbocycles. The minimum atomic E-state index is 0.725. The van der Waals surface area contributed by atoms with Crippen LogP contribution < -0.4 is 15.4 Å². The monoisotopic (exact) mass is 269 g/mol. The third-order valence-corrected chi connectivity index (χ3v) is 3.62. The number of halogens is 1. The Kier molecular flexibility index (Phi) is 4.69. The van der Waals surface area contributed by atoms with Crippen LogP contribution in [-0.4, -0.2) is 51.3 Å². The summed E-state index contributed by atoms with van der Waals surface area (Å²) in [6, 6.07) is 5.84. The van der Waals surface area contributed by atoms with Gasteiger partial charge in [0.15, 0.2) is 0 Å². The van der Waals surface area contributed by atoms with Gasteiger partial charge in [0.1, 0.15) is 5.75 Å². The Bertz CT molecular complexity index is 392. The summed E-state index contributed by atoms with van der Waals surface area (Å²) in [4.78, 5) is 4.70.